The number of rotatable bonds is 6. The van der Waals surface area contributed by atoms with Crippen LogP contribution in [0.1, 0.15) is 13.3 Å². The molecule has 0 radical (unpaired) electrons. The quantitative estimate of drug-likeness (QED) is 0.754. The van der Waals surface area contributed by atoms with Crippen LogP contribution >= 0.6 is 0 Å². The minimum absolute atomic E-state index is 0.396. The Morgan fingerprint density at radius 1 is 1.33 bits per heavy atom. The van der Waals surface area contributed by atoms with Gasteiger partial charge in [-0.3, -0.25) is 4.79 Å². The number of benzene rings is 1. The van der Waals surface area contributed by atoms with E-state index in [9.17, 15) is 22.0 Å². The Kier molecular flexibility index (Phi) is 5.62. The number of sulfonamides is 1. The van der Waals surface area contributed by atoms with E-state index in [1.807, 2.05) is 6.92 Å². The van der Waals surface area contributed by atoms with Gasteiger partial charge >= 0.3 is 0 Å². The maximum atomic E-state index is 13.6. The SMILES string of the molecule is CCCNC(=O)CN(C)S(=O)(=O)c1cc(N)c(F)cc1F. The number of amides is 1. The van der Waals surface area contributed by atoms with Crippen molar-refractivity contribution in [1.82, 2.24) is 9.62 Å². The molecule has 9 heteroatoms. The number of anilines is 1. The summed E-state index contributed by atoms with van der Waals surface area (Å²) >= 11 is 0. The summed E-state index contributed by atoms with van der Waals surface area (Å²) < 4.78 is 51.7. The molecular weight excluding hydrogens is 304 g/mol. The summed E-state index contributed by atoms with van der Waals surface area (Å²) in [5.74, 6) is -2.82. The molecule has 0 saturated heterocycles. The van der Waals surface area contributed by atoms with Crippen LogP contribution in [0.5, 0.6) is 0 Å². The van der Waals surface area contributed by atoms with Crippen molar-refractivity contribution in [1.29, 1.82) is 0 Å². The van der Waals surface area contributed by atoms with Crippen molar-refractivity contribution >= 4 is 21.6 Å². The predicted molar refractivity (Wildman–Crippen MR) is 73.9 cm³/mol. The van der Waals surface area contributed by atoms with E-state index in [0.717, 1.165) is 7.05 Å². The first-order valence-corrected chi connectivity index (χ1v) is 7.61. The summed E-state index contributed by atoms with van der Waals surface area (Å²) in [5.41, 5.74) is 4.76. The highest BCUT2D eigenvalue weighted by Crippen LogP contribution is 2.23. The number of carbonyl (C=O) groups excluding carboxylic acids is 1. The number of nitrogens with two attached hydrogens (primary N) is 1. The van der Waals surface area contributed by atoms with Gasteiger partial charge in [-0.25, -0.2) is 17.2 Å². The largest absolute Gasteiger partial charge is 0.396 e. The third-order valence-electron chi connectivity index (χ3n) is 2.68. The molecule has 118 valence electrons. The first-order valence-electron chi connectivity index (χ1n) is 6.17. The Morgan fingerprint density at radius 2 is 1.95 bits per heavy atom. The predicted octanol–water partition coefficient (Wildman–Crippen LogP) is 0.694. The van der Waals surface area contributed by atoms with Gasteiger partial charge in [-0.1, -0.05) is 6.92 Å². The molecule has 1 rings (SSSR count). The van der Waals surface area contributed by atoms with Crippen LogP contribution in [-0.4, -0.2) is 38.8 Å². The van der Waals surface area contributed by atoms with E-state index in [1.165, 1.54) is 0 Å². The Balaban J connectivity index is 3.00. The second kappa shape index (κ2) is 6.81. The molecule has 0 aliphatic heterocycles. The van der Waals surface area contributed by atoms with E-state index in [1.54, 1.807) is 0 Å². The zero-order valence-corrected chi connectivity index (χ0v) is 12.5. The highest BCUT2D eigenvalue weighted by atomic mass is 32.2. The molecule has 0 aliphatic carbocycles. The van der Waals surface area contributed by atoms with Crippen LogP contribution < -0.4 is 11.1 Å². The number of likely N-dealkylation sites (N-methyl/N-ethyl adjacent to an activating group) is 1. The number of halogens is 2. The molecule has 0 aliphatic rings. The van der Waals surface area contributed by atoms with Crippen LogP contribution in [0.3, 0.4) is 0 Å². The van der Waals surface area contributed by atoms with Gasteiger partial charge in [0.1, 0.15) is 16.5 Å². The molecule has 0 saturated carbocycles. The Bertz CT molecular complexity index is 635. The fourth-order valence-electron chi connectivity index (χ4n) is 1.52. The molecule has 0 spiro atoms. The summed E-state index contributed by atoms with van der Waals surface area (Å²) in [4.78, 5) is 10.7. The zero-order valence-electron chi connectivity index (χ0n) is 11.7. The molecule has 1 amide bonds. The summed E-state index contributed by atoms with van der Waals surface area (Å²) in [5, 5.41) is 2.50. The van der Waals surface area contributed by atoms with Crippen LogP contribution in [0, 0.1) is 11.6 Å². The fraction of sp³-hybridized carbons (Fsp3) is 0.417. The zero-order chi connectivity index (χ0) is 16.2. The van der Waals surface area contributed by atoms with Gasteiger partial charge in [0.25, 0.3) is 0 Å². The lowest BCUT2D eigenvalue weighted by Gasteiger charge is -2.17. The minimum atomic E-state index is -4.28. The van der Waals surface area contributed by atoms with E-state index < -0.39 is 44.7 Å². The molecule has 21 heavy (non-hydrogen) atoms. The first kappa shape index (κ1) is 17.3. The summed E-state index contributed by atoms with van der Waals surface area (Å²) in [7, 11) is -3.15. The third kappa shape index (κ3) is 4.11. The lowest BCUT2D eigenvalue weighted by molar-refractivity contribution is -0.121. The number of hydrogen-bond acceptors (Lipinski definition) is 4. The van der Waals surface area contributed by atoms with E-state index >= 15 is 0 Å². The van der Waals surface area contributed by atoms with Crippen molar-refractivity contribution < 1.29 is 22.0 Å². The highest BCUT2D eigenvalue weighted by Gasteiger charge is 2.27. The van der Waals surface area contributed by atoms with Crippen molar-refractivity contribution in [2.45, 2.75) is 18.2 Å². The molecule has 3 N–H and O–H groups in total. The maximum Gasteiger partial charge on any atom is 0.246 e. The van der Waals surface area contributed by atoms with Crippen molar-refractivity contribution in [3.05, 3.63) is 23.8 Å². The lowest BCUT2D eigenvalue weighted by Crippen LogP contribution is -2.38. The molecule has 0 fully saturated rings. The van der Waals surface area contributed by atoms with Gasteiger partial charge in [-0.15, -0.1) is 0 Å². The standard InChI is InChI=1S/C12H17F2N3O3S/c1-3-4-16-12(18)7-17(2)21(19,20)11-6-10(15)8(13)5-9(11)14/h5-6H,3-4,7,15H2,1-2H3,(H,16,18). The number of hydrogen-bond donors (Lipinski definition) is 2. The van der Waals surface area contributed by atoms with E-state index in [0.29, 0.717) is 29.4 Å². The summed E-state index contributed by atoms with van der Waals surface area (Å²) in [6.07, 6.45) is 0.700. The monoisotopic (exact) mass is 321 g/mol. The van der Waals surface area contributed by atoms with Gasteiger partial charge < -0.3 is 11.1 Å². The van der Waals surface area contributed by atoms with Crippen LogP contribution in [0.4, 0.5) is 14.5 Å². The van der Waals surface area contributed by atoms with E-state index in [-0.39, 0.29) is 0 Å². The molecule has 0 atom stereocenters. The van der Waals surface area contributed by atoms with E-state index in [4.69, 9.17) is 5.73 Å². The summed E-state index contributed by atoms with van der Waals surface area (Å²) in [6.45, 7) is 1.78. The van der Waals surface area contributed by atoms with Crippen LogP contribution in [-0.2, 0) is 14.8 Å². The smallest absolute Gasteiger partial charge is 0.246 e. The minimum Gasteiger partial charge on any atom is -0.396 e. The van der Waals surface area contributed by atoms with Crippen molar-refractivity contribution in [3.63, 3.8) is 0 Å². The van der Waals surface area contributed by atoms with E-state index in [2.05, 4.69) is 5.32 Å². The number of carbonyl (C=O) groups is 1. The third-order valence-corrected chi connectivity index (χ3v) is 4.50. The average Bonchev–Trinajstić information content (AvgIpc) is 2.40. The van der Waals surface area contributed by atoms with Crippen molar-refractivity contribution in [2.75, 3.05) is 25.9 Å². The van der Waals surface area contributed by atoms with Gasteiger partial charge in [0.05, 0.1) is 12.2 Å². The number of nitrogen functional groups attached to an aromatic ring is 1. The fourth-order valence-corrected chi connectivity index (χ4v) is 2.72. The second-order valence-corrected chi connectivity index (χ2v) is 6.43. The molecule has 6 nitrogen and oxygen atoms in total. The Morgan fingerprint density at radius 3 is 2.52 bits per heavy atom. The maximum absolute atomic E-state index is 13.6. The van der Waals surface area contributed by atoms with Crippen LogP contribution in [0.2, 0.25) is 0 Å². The average molecular weight is 321 g/mol. The molecule has 0 aromatic heterocycles. The van der Waals surface area contributed by atoms with Gasteiger partial charge in [-0.05, 0) is 12.5 Å². The lowest BCUT2D eigenvalue weighted by atomic mass is 10.3. The van der Waals surface area contributed by atoms with Crippen molar-refractivity contribution in [2.24, 2.45) is 0 Å². The first-order chi connectivity index (χ1) is 9.70. The molecule has 1 aromatic carbocycles. The molecule has 0 heterocycles. The topological polar surface area (TPSA) is 92.5 Å². The molecular formula is C12H17F2N3O3S. The normalized spacial score (nSPS) is 11.7. The highest BCUT2D eigenvalue weighted by molar-refractivity contribution is 7.89. The molecule has 1 aromatic rings. The number of nitrogens with zero attached hydrogens (tertiary/aromatic N) is 1. The van der Waals surface area contributed by atoms with Gasteiger partial charge in [0, 0.05) is 19.7 Å². The van der Waals surface area contributed by atoms with Gasteiger partial charge in [0.15, 0.2) is 0 Å². The summed E-state index contributed by atoms with van der Waals surface area (Å²) in [6, 6.07) is 1.09. The van der Waals surface area contributed by atoms with Crippen molar-refractivity contribution in [3.8, 4) is 0 Å². The van der Waals surface area contributed by atoms with Gasteiger partial charge in [-0.2, -0.15) is 4.31 Å². The molecule has 0 bridgehead atoms. The molecule has 0 unspecified atom stereocenters. The second-order valence-electron chi connectivity index (χ2n) is 4.42. The number of nitrogens with one attached hydrogen (secondary N) is 1. The Hall–Kier alpha value is -1.74. The van der Waals surface area contributed by atoms with Crippen LogP contribution in [0.15, 0.2) is 17.0 Å². The van der Waals surface area contributed by atoms with Crippen LogP contribution in [0.25, 0.3) is 0 Å². The Labute approximate surface area is 122 Å². The van der Waals surface area contributed by atoms with Gasteiger partial charge in [0.2, 0.25) is 15.9 Å².